The van der Waals surface area contributed by atoms with Gasteiger partial charge in [-0.1, -0.05) is 66.7 Å². The van der Waals surface area contributed by atoms with Crippen LogP contribution < -0.4 is 0 Å². The third-order valence-corrected chi connectivity index (χ3v) is 4.81. The highest BCUT2D eigenvalue weighted by Crippen LogP contribution is 2.21. The largest absolute Gasteiger partial charge is 0.289 e. The molecule has 0 unspecified atom stereocenters. The van der Waals surface area contributed by atoms with Crippen molar-refractivity contribution in [3.8, 4) is 0 Å². The fraction of sp³-hybridized carbons (Fsp3) is 0.125. The molecule has 0 spiro atoms. The smallest absolute Gasteiger partial charge is 0.233 e. The van der Waals surface area contributed by atoms with Gasteiger partial charge < -0.3 is 0 Å². The summed E-state index contributed by atoms with van der Waals surface area (Å²) in [4.78, 5) is 38.5. The standard InChI is InChI=1S/C24H20O3/c1-15-9-4-6-11-18(15)22(25)20-13-8-14-21(17(20)3)24(27)23(26)19-12-7-5-10-16(19)2/h4-14H,1-3H3. The van der Waals surface area contributed by atoms with Gasteiger partial charge in [0.25, 0.3) is 0 Å². The Morgan fingerprint density at radius 3 is 1.56 bits per heavy atom. The number of benzene rings is 3. The lowest BCUT2D eigenvalue weighted by molar-refractivity contribution is 0.0816. The highest BCUT2D eigenvalue weighted by molar-refractivity contribution is 6.49. The van der Waals surface area contributed by atoms with Crippen LogP contribution in [0.1, 0.15) is 53.3 Å². The van der Waals surface area contributed by atoms with E-state index in [1.807, 2.05) is 31.2 Å². The zero-order valence-electron chi connectivity index (χ0n) is 15.6. The summed E-state index contributed by atoms with van der Waals surface area (Å²) in [6.45, 7) is 5.38. The van der Waals surface area contributed by atoms with Crippen molar-refractivity contribution in [1.82, 2.24) is 0 Å². The summed E-state index contributed by atoms with van der Waals surface area (Å²) in [5, 5.41) is 0. The molecule has 27 heavy (non-hydrogen) atoms. The summed E-state index contributed by atoms with van der Waals surface area (Å²) in [6.07, 6.45) is 0. The molecule has 0 heterocycles. The van der Waals surface area contributed by atoms with E-state index in [2.05, 4.69) is 0 Å². The van der Waals surface area contributed by atoms with Gasteiger partial charge >= 0.3 is 0 Å². The van der Waals surface area contributed by atoms with Gasteiger partial charge in [-0.05, 0) is 37.5 Å². The van der Waals surface area contributed by atoms with Gasteiger partial charge in [0.2, 0.25) is 11.6 Å². The summed E-state index contributed by atoms with van der Waals surface area (Å²) >= 11 is 0. The molecule has 0 radical (unpaired) electrons. The third-order valence-electron chi connectivity index (χ3n) is 4.81. The van der Waals surface area contributed by atoms with Gasteiger partial charge in [0, 0.05) is 22.3 Å². The molecule has 0 aliphatic carbocycles. The molecule has 0 fully saturated rings. The van der Waals surface area contributed by atoms with Gasteiger partial charge in [0.1, 0.15) is 0 Å². The van der Waals surface area contributed by atoms with Gasteiger partial charge in [-0.15, -0.1) is 0 Å². The Labute approximate surface area is 158 Å². The monoisotopic (exact) mass is 356 g/mol. The molecular formula is C24H20O3. The maximum atomic E-state index is 13.0. The second-order valence-electron chi connectivity index (χ2n) is 6.60. The minimum Gasteiger partial charge on any atom is -0.289 e. The van der Waals surface area contributed by atoms with Crippen LogP contribution in [0.15, 0.2) is 66.7 Å². The van der Waals surface area contributed by atoms with Crippen LogP contribution in [-0.2, 0) is 0 Å². The number of hydrogen-bond donors (Lipinski definition) is 0. The molecule has 0 aliphatic heterocycles. The van der Waals surface area contributed by atoms with Crippen LogP contribution >= 0.6 is 0 Å². The molecule has 0 bridgehead atoms. The molecule has 0 amide bonds. The van der Waals surface area contributed by atoms with E-state index < -0.39 is 11.6 Å². The third kappa shape index (κ3) is 3.49. The summed E-state index contributed by atoms with van der Waals surface area (Å²) in [6, 6.07) is 19.3. The molecule has 0 saturated heterocycles. The zero-order chi connectivity index (χ0) is 19.6. The number of rotatable bonds is 5. The van der Waals surface area contributed by atoms with Crippen LogP contribution in [0.4, 0.5) is 0 Å². The van der Waals surface area contributed by atoms with Crippen LogP contribution in [-0.4, -0.2) is 17.3 Å². The Morgan fingerprint density at radius 1 is 0.519 bits per heavy atom. The second-order valence-corrected chi connectivity index (χ2v) is 6.60. The molecule has 3 heteroatoms. The minimum absolute atomic E-state index is 0.149. The number of aryl methyl sites for hydroxylation is 2. The van der Waals surface area contributed by atoms with Crippen LogP contribution in [0.2, 0.25) is 0 Å². The van der Waals surface area contributed by atoms with Gasteiger partial charge in [-0.2, -0.15) is 0 Å². The maximum absolute atomic E-state index is 13.0. The molecule has 0 saturated carbocycles. The van der Waals surface area contributed by atoms with Crippen molar-refractivity contribution >= 4 is 17.3 Å². The van der Waals surface area contributed by atoms with Gasteiger partial charge in [0.05, 0.1) is 0 Å². The molecule has 3 aromatic rings. The van der Waals surface area contributed by atoms with Crippen molar-refractivity contribution in [3.63, 3.8) is 0 Å². The second kappa shape index (κ2) is 7.50. The predicted molar refractivity (Wildman–Crippen MR) is 106 cm³/mol. The average Bonchev–Trinajstić information content (AvgIpc) is 2.67. The first-order valence-electron chi connectivity index (χ1n) is 8.76. The van der Waals surface area contributed by atoms with Crippen molar-refractivity contribution in [2.24, 2.45) is 0 Å². The Bertz CT molecular complexity index is 1060. The Morgan fingerprint density at radius 2 is 0.963 bits per heavy atom. The van der Waals surface area contributed by atoms with Crippen molar-refractivity contribution in [3.05, 3.63) is 106 Å². The fourth-order valence-corrected chi connectivity index (χ4v) is 3.17. The average molecular weight is 356 g/mol. The Kier molecular flexibility index (Phi) is 5.13. The normalized spacial score (nSPS) is 10.5. The number of Topliss-reactive ketones (excluding diaryl/α,β-unsaturated/α-hetero) is 2. The van der Waals surface area contributed by atoms with Crippen molar-refractivity contribution in [1.29, 1.82) is 0 Å². The van der Waals surface area contributed by atoms with E-state index >= 15 is 0 Å². The predicted octanol–water partition coefficient (Wildman–Crippen LogP) is 4.91. The van der Waals surface area contributed by atoms with E-state index in [9.17, 15) is 14.4 Å². The maximum Gasteiger partial charge on any atom is 0.233 e. The van der Waals surface area contributed by atoms with Crippen LogP contribution in [0.5, 0.6) is 0 Å². The number of hydrogen-bond acceptors (Lipinski definition) is 3. The zero-order valence-corrected chi connectivity index (χ0v) is 15.6. The highest BCUT2D eigenvalue weighted by Gasteiger charge is 2.24. The Hall–Kier alpha value is -3.33. The molecule has 3 nitrogen and oxygen atoms in total. The summed E-state index contributed by atoms with van der Waals surface area (Å²) < 4.78 is 0. The van der Waals surface area contributed by atoms with E-state index in [0.717, 1.165) is 11.1 Å². The van der Waals surface area contributed by atoms with Gasteiger partial charge in [0.15, 0.2) is 5.78 Å². The van der Waals surface area contributed by atoms with Crippen LogP contribution in [0, 0.1) is 20.8 Å². The van der Waals surface area contributed by atoms with Crippen molar-refractivity contribution in [2.75, 3.05) is 0 Å². The van der Waals surface area contributed by atoms with E-state index in [4.69, 9.17) is 0 Å². The lowest BCUT2D eigenvalue weighted by Crippen LogP contribution is -2.18. The Balaban J connectivity index is 2.02. The van der Waals surface area contributed by atoms with E-state index in [-0.39, 0.29) is 11.3 Å². The van der Waals surface area contributed by atoms with E-state index in [1.54, 1.807) is 56.3 Å². The molecule has 0 N–H and O–H groups in total. The SMILES string of the molecule is Cc1ccccc1C(=O)C(=O)c1cccc(C(=O)c2ccccc2C)c1C. The van der Waals surface area contributed by atoms with Gasteiger partial charge in [-0.3, -0.25) is 14.4 Å². The summed E-state index contributed by atoms with van der Waals surface area (Å²) in [5.41, 5.74) is 3.83. The number of ketones is 3. The summed E-state index contributed by atoms with van der Waals surface area (Å²) in [5.74, 6) is -1.30. The molecule has 0 aromatic heterocycles. The fourth-order valence-electron chi connectivity index (χ4n) is 3.17. The first kappa shape index (κ1) is 18.5. The lowest BCUT2D eigenvalue weighted by Gasteiger charge is -2.11. The van der Waals surface area contributed by atoms with Crippen molar-refractivity contribution in [2.45, 2.75) is 20.8 Å². The topological polar surface area (TPSA) is 51.2 Å². The van der Waals surface area contributed by atoms with Crippen molar-refractivity contribution < 1.29 is 14.4 Å². The van der Waals surface area contributed by atoms with Crippen LogP contribution in [0.25, 0.3) is 0 Å². The number of carbonyl (C=O) groups is 3. The van der Waals surface area contributed by atoms with Crippen LogP contribution in [0.3, 0.4) is 0 Å². The summed E-state index contributed by atoms with van der Waals surface area (Å²) in [7, 11) is 0. The molecule has 134 valence electrons. The lowest BCUT2D eigenvalue weighted by atomic mass is 9.90. The first-order chi connectivity index (χ1) is 12.9. The van der Waals surface area contributed by atoms with E-state index in [0.29, 0.717) is 22.3 Å². The molecule has 3 rings (SSSR count). The molecule has 0 atom stereocenters. The first-order valence-corrected chi connectivity index (χ1v) is 8.76. The van der Waals surface area contributed by atoms with E-state index in [1.165, 1.54) is 0 Å². The van der Waals surface area contributed by atoms with Gasteiger partial charge in [-0.25, -0.2) is 0 Å². The molecule has 3 aromatic carbocycles. The number of carbonyl (C=O) groups excluding carboxylic acids is 3. The minimum atomic E-state index is -0.596. The highest BCUT2D eigenvalue weighted by atomic mass is 16.2. The quantitative estimate of drug-likeness (QED) is 0.482. The molecular weight excluding hydrogens is 336 g/mol. The molecule has 0 aliphatic rings.